The van der Waals surface area contributed by atoms with Gasteiger partial charge in [0.05, 0.1) is 74.8 Å². The maximum atomic E-state index is 5.74. The molecular formula is C91H154N12O6. The van der Waals surface area contributed by atoms with E-state index >= 15 is 0 Å². The molecule has 0 unspecified atom stereocenters. The molecule has 614 valence electrons. The van der Waals surface area contributed by atoms with Crippen molar-refractivity contribution in [2.45, 2.75) is 342 Å². The Bertz CT molecular complexity index is 3580. The Morgan fingerprint density at radius 3 is 1.26 bits per heavy atom. The van der Waals surface area contributed by atoms with Gasteiger partial charge in [-0.1, -0.05) is 246 Å². The predicted molar refractivity (Wildman–Crippen MR) is 465 cm³/mol. The molecule has 0 amide bonds. The Kier molecular flexibility index (Phi) is 47.4. The molecule has 2 aliphatic rings. The topological polar surface area (TPSA) is 217 Å². The zero-order chi connectivity index (χ0) is 76.1. The highest BCUT2D eigenvalue weighted by molar-refractivity contribution is 5.85. The van der Waals surface area contributed by atoms with E-state index in [0.717, 1.165) is 100.0 Å². The molecule has 0 saturated carbocycles. The van der Waals surface area contributed by atoms with Gasteiger partial charge in [0, 0.05) is 118 Å². The zero-order valence-corrected chi connectivity index (χ0v) is 68.1. The summed E-state index contributed by atoms with van der Waals surface area (Å²) in [5.74, 6) is 10.9. The second-order valence-electron chi connectivity index (χ2n) is 30.8. The maximum absolute atomic E-state index is 5.74. The normalized spacial score (nSPS) is 11.5. The summed E-state index contributed by atoms with van der Waals surface area (Å²) >= 11 is 0. The molecule has 0 aliphatic carbocycles. The second-order valence-corrected chi connectivity index (χ2v) is 30.8. The Morgan fingerprint density at radius 1 is 0.349 bits per heavy atom. The lowest BCUT2D eigenvalue weighted by molar-refractivity contribution is 0.350. The number of ether oxygens (including phenoxy) is 5. The Balaban J connectivity index is -0.00000119. The van der Waals surface area contributed by atoms with Crippen LogP contribution in [-0.2, 0) is 12.8 Å². The SMILES string of the molecule is C.C.C.C.C.C.C.CC(C)c1cnc(C(C)C)c2c1CCO2.CC(C)c1cnc(C(C)C)c2c1OCC2.CC(C)c1ncc(C(C)C)c2[nH]ccc12.CC(C)c1ncc(C(C)C)c2occc12.COc1cc(C(C)C)nnc1C(C)C.COc1nc(C(C)C)cnc1C(C)C.COc1nc(C(C)C)nnc1C(C)C. The molecule has 11 rings (SSSR count). The molecule has 9 aromatic heterocycles. The first-order chi connectivity index (χ1) is 48.1. The molecule has 0 bridgehead atoms. The van der Waals surface area contributed by atoms with E-state index in [-0.39, 0.29) is 63.8 Å². The van der Waals surface area contributed by atoms with Crippen LogP contribution in [0.5, 0.6) is 29.0 Å². The van der Waals surface area contributed by atoms with Crippen LogP contribution in [0, 0.1) is 0 Å². The molecule has 0 atom stereocenters. The number of aromatic amines is 1. The van der Waals surface area contributed by atoms with E-state index in [1.54, 1.807) is 27.6 Å². The van der Waals surface area contributed by atoms with E-state index in [1.165, 1.54) is 55.7 Å². The van der Waals surface area contributed by atoms with Crippen molar-refractivity contribution in [3.8, 4) is 29.0 Å². The number of fused-ring (bicyclic) bond motifs is 4. The summed E-state index contributed by atoms with van der Waals surface area (Å²) in [6, 6.07) is 6.13. The second kappa shape index (κ2) is 49.2. The van der Waals surface area contributed by atoms with E-state index in [4.69, 9.17) is 28.1 Å². The minimum Gasteiger partial charge on any atom is -0.495 e. The lowest BCUT2D eigenvalue weighted by Crippen LogP contribution is -2.07. The Morgan fingerprint density at radius 2 is 0.780 bits per heavy atom. The van der Waals surface area contributed by atoms with Crippen molar-refractivity contribution in [2.75, 3.05) is 34.5 Å². The fourth-order valence-electron chi connectivity index (χ4n) is 11.7. The van der Waals surface area contributed by atoms with E-state index < -0.39 is 0 Å². The van der Waals surface area contributed by atoms with Crippen LogP contribution < -0.4 is 23.7 Å². The van der Waals surface area contributed by atoms with Crippen molar-refractivity contribution >= 4 is 21.9 Å². The van der Waals surface area contributed by atoms with E-state index in [2.05, 4.69) is 233 Å². The molecule has 0 aromatic carbocycles. The van der Waals surface area contributed by atoms with Crippen molar-refractivity contribution in [2.24, 2.45) is 0 Å². The molecular weight excluding hydrogens is 1360 g/mol. The average Bonchev–Trinajstić information content (AvgIpc) is 1.66. The number of hydrogen-bond donors (Lipinski definition) is 1. The van der Waals surface area contributed by atoms with Gasteiger partial charge < -0.3 is 33.1 Å². The number of pyridine rings is 4. The summed E-state index contributed by atoms with van der Waals surface area (Å²) in [4.78, 5) is 34.7. The number of methoxy groups -OCH3 is 3. The maximum Gasteiger partial charge on any atom is 0.239 e. The van der Waals surface area contributed by atoms with E-state index in [0.29, 0.717) is 82.8 Å². The van der Waals surface area contributed by atoms with Gasteiger partial charge in [-0.2, -0.15) is 15.2 Å². The van der Waals surface area contributed by atoms with Gasteiger partial charge >= 0.3 is 0 Å². The molecule has 18 nitrogen and oxygen atoms in total. The van der Waals surface area contributed by atoms with Crippen molar-refractivity contribution in [1.29, 1.82) is 0 Å². The van der Waals surface area contributed by atoms with Gasteiger partial charge in [-0.25, -0.2) is 4.98 Å². The van der Waals surface area contributed by atoms with Gasteiger partial charge in [-0.15, -0.1) is 10.2 Å². The Labute approximate surface area is 664 Å². The minimum absolute atomic E-state index is 0. The van der Waals surface area contributed by atoms with Crippen LogP contribution in [0.25, 0.3) is 21.9 Å². The minimum atomic E-state index is 0. The third-order valence-electron chi connectivity index (χ3n) is 17.7. The largest absolute Gasteiger partial charge is 0.495 e. The third-order valence-corrected chi connectivity index (χ3v) is 17.7. The first-order valence-electron chi connectivity index (χ1n) is 37.3. The van der Waals surface area contributed by atoms with Crippen LogP contribution in [0.15, 0.2) is 66.1 Å². The quantitative estimate of drug-likeness (QED) is 0.0896. The van der Waals surface area contributed by atoms with Gasteiger partial charge in [0.15, 0.2) is 5.82 Å². The molecule has 11 heterocycles. The summed E-state index contributed by atoms with van der Waals surface area (Å²) in [6.07, 6.45) is 15.7. The first kappa shape index (κ1) is 105. The van der Waals surface area contributed by atoms with Crippen molar-refractivity contribution in [1.82, 2.24) is 60.3 Å². The summed E-state index contributed by atoms with van der Waals surface area (Å²) in [6.45, 7) is 61.4. The predicted octanol–water partition coefficient (Wildman–Crippen LogP) is 26.5. The number of rotatable bonds is 17. The molecule has 0 saturated heterocycles. The zero-order valence-electron chi connectivity index (χ0n) is 68.1. The van der Waals surface area contributed by atoms with Gasteiger partial charge in [0.2, 0.25) is 11.8 Å². The number of aromatic nitrogens is 12. The van der Waals surface area contributed by atoms with Crippen LogP contribution in [0.3, 0.4) is 0 Å². The molecule has 0 radical (unpaired) electrons. The summed E-state index contributed by atoms with van der Waals surface area (Å²) in [7, 11) is 4.92. The molecule has 109 heavy (non-hydrogen) atoms. The van der Waals surface area contributed by atoms with Gasteiger partial charge in [0.1, 0.15) is 39.9 Å². The fourth-order valence-corrected chi connectivity index (χ4v) is 11.7. The highest BCUT2D eigenvalue weighted by atomic mass is 16.5. The van der Waals surface area contributed by atoms with Gasteiger partial charge in [-0.3, -0.25) is 24.9 Å². The molecule has 0 spiro atoms. The highest BCUT2D eigenvalue weighted by Crippen LogP contribution is 2.40. The first-order valence-corrected chi connectivity index (χ1v) is 37.3. The summed E-state index contributed by atoms with van der Waals surface area (Å²) < 4.78 is 32.7. The Hall–Kier alpha value is -8.15. The summed E-state index contributed by atoms with van der Waals surface area (Å²) in [5.41, 5.74) is 19.4. The highest BCUT2D eigenvalue weighted by Gasteiger charge is 2.26. The van der Waals surface area contributed by atoms with E-state index in [9.17, 15) is 0 Å². The molecule has 2 aliphatic heterocycles. The number of nitrogens with zero attached hydrogens (tertiary/aromatic N) is 11. The van der Waals surface area contributed by atoms with Gasteiger partial charge in [0.25, 0.3) is 0 Å². The number of nitrogens with one attached hydrogen (secondary N) is 1. The van der Waals surface area contributed by atoms with Crippen LogP contribution in [0.2, 0.25) is 0 Å². The standard InChI is InChI=1S/C13H18N2.C13H19NO.C13H17NO.C13H19NO.2C11H18N2O.C10H17N3O.7CH4/c1-8(2)11-7-15-12(9(3)4)10-5-6-14-13(10)11;2*1-8(2)11-7-14-12(9(3)4)10-5-6-15-13(10)11;1-8(2)11-7-14-12(9(3)4)13-10(11)5-6-15-13;1-7(2)9-6-12-10(8(3)4)11(13-9)14-5;1-7(2)9-6-10(14-5)11(8(3)4)13-12-9;1-6(2)8-10(14-5)11-9(7(3)4)13-12-8;;;;;;;/h5-9,14H,1-4H3;7-9H,5-6H2,1-4H3;5-9H,1-4H3;7-9H,5-6H2,1-4H3;2*6-8H,1-5H3;6-7H,1-5H3;7*1H4. The lowest BCUT2D eigenvalue weighted by Gasteiger charge is -2.14. The molecule has 9 aromatic rings. The average molecular weight is 1510 g/mol. The number of hydrogen-bond acceptors (Lipinski definition) is 17. The molecule has 18 heteroatoms. The number of H-pyrrole nitrogens is 1. The van der Waals surface area contributed by atoms with Crippen molar-refractivity contribution < 1.29 is 28.1 Å². The van der Waals surface area contributed by atoms with E-state index in [1.807, 2.05) is 77.0 Å². The summed E-state index contributed by atoms with van der Waals surface area (Å²) in [5, 5.41) is 19.0. The van der Waals surface area contributed by atoms with Crippen LogP contribution in [-0.4, -0.2) is 94.8 Å². The van der Waals surface area contributed by atoms with Crippen LogP contribution in [0.1, 0.15) is 419 Å². The number of furan rings is 1. The smallest absolute Gasteiger partial charge is 0.239 e. The third kappa shape index (κ3) is 28.0. The van der Waals surface area contributed by atoms with Crippen LogP contribution in [0.4, 0.5) is 0 Å². The van der Waals surface area contributed by atoms with Crippen molar-refractivity contribution in [3.63, 3.8) is 0 Å². The lowest BCUT2D eigenvalue weighted by atomic mass is 9.95. The monoisotopic (exact) mass is 1510 g/mol. The molecule has 0 fully saturated rings. The van der Waals surface area contributed by atoms with Crippen LogP contribution >= 0.6 is 0 Å². The van der Waals surface area contributed by atoms with Gasteiger partial charge in [-0.05, 0) is 82.4 Å². The fraction of sp³-hybridized carbons (Fsp3) is 0.615. The van der Waals surface area contributed by atoms with Crippen molar-refractivity contribution in [3.05, 3.63) is 152 Å². The molecule has 1 N–H and O–H groups in total.